The Bertz CT molecular complexity index is 268. The Morgan fingerprint density at radius 2 is 2.25 bits per heavy atom. The van der Waals surface area contributed by atoms with Gasteiger partial charge in [-0.25, -0.2) is 0 Å². The first-order valence-corrected chi connectivity index (χ1v) is 5.04. The molecule has 0 radical (unpaired) electrons. The van der Waals surface area contributed by atoms with E-state index in [1.54, 1.807) is 11.3 Å². The molecule has 4 heteroatoms. The van der Waals surface area contributed by atoms with Crippen LogP contribution in [-0.4, -0.2) is 15.3 Å². The second kappa shape index (κ2) is 3.11. The fourth-order valence-electron chi connectivity index (χ4n) is 1.60. The summed E-state index contributed by atoms with van der Waals surface area (Å²) in [6.07, 6.45) is 2.47. The van der Waals surface area contributed by atoms with E-state index < -0.39 is 0 Å². The molecule has 0 spiro atoms. The van der Waals surface area contributed by atoms with Gasteiger partial charge >= 0.3 is 0 Å². The molecule has 1 N–H and O–H groups in total. The molecule has 0 aromatic carbocycles. The minimum Gasteiger partial charge on any atom is -0.389 e. The van der Waals surface area contributed by atoms with Gasteiger partial charge in [-0.1, -0.05) is 18.3 Å². The molecule has 3 nitrogen and oxygen atoms in total. The highest BCUT2D eigenvalue weighted by Gasteiger charge is 2.29. The minimum atomic E-state index is 0.0277. The van der Waals surface area contributed by atoms with Crippen LogP contribution in [0.15, 0.2) is 0 Å². The summed E-state index contributed by atoms with van der Waals surface area (Å²) >= 11 is 1.55. The van der Waals surface area contributed by atoms with Crippen molar-refractivity contribution in [3.8, 4) is 0 Å². The number of aliphatic hydroxyl groups excluding tert-OH is 1. The lowest BCUT2D eigenvalue weighted by Crippen LogP contribution is -2.18. The molecule has 0 saturated heterocycles. The van der Waals surface area contributed by atoms with Gasteiger partial charge in [0.15, 0.2) is 0 Å². The van der Waals surface area contributed by atoms with Gasteiger partial charge in [0.25, 0.3) is 0 Å². The zero-order chi connectivity index (χ0) is 8.55. The highest BCUT2D eigenvalue weighted by Crippen LogP contribution is 2.41. The van der Waals surface area contributed by atoms with Crippen LogP contribution in [-0.2, 0) is 6.61 Å². The van der Waals surface area contributed by atoms with Crippen LogP contribution >= 0.6 is 11.3 Å². The molecule has 0 aliphatic heterocycles. The SMILES string of the molecule is CC1CC(c2nnc(CO)s2)C1. The maximum Gasteiger partial charge on any atom is 0.143 e. The van der Waals surface area contributed by atoms with Gasteiger partial charge in [-0.2, -0.15) is 0 Å². The van der Waals surface area contributed by atoms with Crippen molar-refractivity contribution in [2.45, 2.75) is 32.3 Å². The van der Waals surface area contributed by atoms with Crippen LogP contribution in [0.5, 0.6) is 0 Å². The minimum absolute atomic E-state index is 0.0277. The Hall–Kier alpha value is -0.480. The Labute approximate surface area is 75.5 Å². The van der Waals surface area contributed by atoms with Crippen molar-refractivity contribution < 1.29 is 5.11 Å². The van der Waals surface area contributed by atoms with Crippen LogP contribution in [0, 0.1) is 5.92 Å². The molecule has 1 heterocycles. The summed E-state index contributed by atoms with van der Waals surface area (Å²) in [6.45, 7) is 2.28. The molecule has 2 rings (SSSR count). The lowest BCUT2D eigenvalue weighted by atomic mass is 9.77. The summed E-state index contributed by atoms with van der Waals surface area (Å²) < 4.78 is 0. The maximum atomic E-state index is 8.78. The van der Waals surface area contributed by atoms with Crippen LogP contribution in [0.2, 0.25) is 0 Å². The second-order valence-corrected chi connectivity index (χ2v) is 4.56. The van der Waals surface area contributed by atoms with Crippen LogP contribution in [0.1, 0.15) is 35.7 Å². The molecular formula is C8H12N2OS. The first-order chi connectivity index (χ1) is 5.79. The predicted octanol–water partition coefficient (Wildman–Crippen LogP) is 1.54. The average Bonchev–Trinajstić information content (AvgIpc) is 2.46. The van der Waals surface area contributed by atoms with Crippen LogP contribution < -0.4 is 0 Å². The quantitative estimate of drug-likeness (QED) is 0.758. The normalized spacial score (nSPS) is 28.5. The van der Waals surface area contributed by atoms with Crippen molar-refractivity contribution in [3.63, 3.8) is 0 Å². The molecule has 0 amide bonds. The Kier molecular flexibility index (Phi) is 2.11. The number of aliphatic hydroxyl groups is 1. The van der Waals surface area contributed by atoms with Gasteiger partial charge in [0.1, 0.15) is 10.0 Å². The van der Waals surface area contributed by atoms with Crippen molar-refractivity contribution in [1.29, 1.82) is 0 Å². The van der Waals surface area contributed by atoms with Gasteiger partial charge < -0.3 is 5.11 Å². The fraction of sp³-hybridized carbons (Fsp3) is 0.750. The largest absolute Gasteiger partial charge is 0.389 e. The van der Waals surface area contributed by atoms with Crippen LogP contribution in [0.3, 0.4) is 0 Å². The lowest BCUT2D eigenvalue weighted by Gasteiger charge is -2.30. The van der Waals surface area contributed by atoms with Crippen molar-refractivity contribution in [2.75, 3.05) is 0 Å². The summed E-state index contributed by atoms with van der Waals surface area (Å²) in [4.78, 5) is 0. The van der Waals surface area contributed by atoms with Gasteiger partial charge in [-0.15, -0.1) is 10.2 Å². The van der Waals surface area contributed by atoms with Crippen molar-refractivity contribution in [3.05, 3.63) is 10.0 Å². The van der Waals surface area contributed by atoms with Gasteiger partial charge in [0.05, 0.1) is 6.61 Å². The Morgan fingerprint density at radius 3 is 2.75 bits per heavy atom. The van der Waals surface area contributed by atoms with E-state index in [-0.39, 0.29) is 6.61 Å². The number of hydrogen-bond acceptors (Lipinski definition) is 4. The standard InChI is InChI=1S/C8H12N2OS/c1-5-2-6(3-5)8-10-9-7(4-11)12-8/h5-6,11H,2-4H2,1H3. The smallest absolute Gasteiger partial charge is 0.143 e. The summed E-state index contributed by atoms with van der Waals surface area (Å²) in [6, 6.07) is 0. The number of nitrogens with zero attached hydrogens (tertiary/aromatic N) is 2. The zero-order valence-corrected chi connectivity index (χ0v) is 7.84. The molecule has 1 fully saturated rings. The van der Waals surface area contributed by atoms with Gasteiger partial charge in [0, 0.05) is 5.92 Å². The van der Waals surface area contributed by atoms with E-state index in [9.17, 15) is 0 Å². The second-order valence-electron chi connectivity index (χ2n) is 3.47. The van der Waals surface area contributed by atoms with Gasteiger partial charge in [-0.3, -0.25) is 0 Å². The molecule has 0 bridgehead atoms. The highest BCUT2D eigenvalue weighted by molar-refractivity contribution is 7.11. The lowest BCUT2D eigenvalue weighted by molar-refractivity contribution is 0.279. The van der Waals surface area contributed by atoms with Crippen LogP contribution in [0.4, 0.5) is 0 Å². The maximum absolute atomic E-state index is 8.78. The van der Waals surface area contributed by atoms with Crippen LogP contribution in [0.25, 0.3) is 0 Å². The molecule has 0 unspecified atom stereocenters. The molecule has 66 valence electrons. The molecular weight excluding hydrogens is 172 g/mol. The molecule has 1 aromatic heterocycles. The Morgan fingerprint density at radius 1 is 1.50 bits per heavy atom. The van der Waals surface area contributed by atoms with E-state index in [1.807, 2.05) is 0 Å². The Balaban J connectivity index is 2.04. The van der Waals surface area contributed by atoms with Crippen molar-refractivity contribution in [2.24, 2.45) is 5.92 Å². The predicted molar refractivity (Wildman–Crippen MR) is 47.0 cm³/mol. The molecule has 1 saturated carbocycles. The monoisotopic (exact) mass is 184 g/mol. The summed E-state index contributed by atoms with van der Waals surface area (Å²) in [7, 11) is 0. The van der Waals surface area contributed by atoms with Crippen molar-refractivity contribution in [1.82, 2.24) is 10.2 Å². The number of hydrogen-bond donors (Lipinski definition) is 1. The third-order valence-corrected chi connectivity index (χ3v) is 3.41. The first-order valence-electron chi connectivity index (χ1n) is 4.22. The third kappa shape index (κ3) is 1.36. The molecule has 12 heavy (non-hydrogen) atoms. The summed E-state index contributed by atoms with van der Waals surface area (Å²) in [5.74, 6) is 1.47. The van der Waals surface area contributed by atoms with E-state index in [0.29, 0.717) is 5.92 Å². The average molecular weight is 184 g/mol. The fourth-order valence-corrected chi connectivity index (χ4v) is 2.43. The molecule has 1 aromatic rings. The summed E-state index contributed by atoms with van der Waals surface area (Å²) in [5, 5.41) is 18.6. The van der Waals surface area contributed by atoms with E-state index in [0.717, 1.165) is 15.9 Å². The van der Waals surface area contributed by atoms with E-state index in [4.69, 9.17) is 5.11 Å². The first kappa shape index (κ1) is 8.13. The van der Waals surface area contributed by atoms with E-state index in [1.165, 1.54) is 12.8 Å². The zero-order valence-electron chi connectivity index (χ0n) is 7.03. The van der Waals surface area contributed by atoms with E-state index >= 15 is 0 Å². The topological polar surface area (TPSA) is 46.0 Å². The van der Waals surface area contributed by atoms with Gasteiger partial charge in [0.2, 0.25) is 0 Å². The van der Waals surface area contributed by atoms with E-state index in [2.05, 4.69) is 17.1 Å². The van der Waals surface area contributed by atoms with Crippen molar-refractivity contribution >= 4 is 11.3 Å². The molecule has 1 aliphatic carbocycles. The third-order valence-electron chi connectivity index (χ3n) is 2.34. The summed E-state index contributed by atoms with van der Waals surface area (Å²) in [5.41, 5.74) is 0. The number of aromatic nitrogens is 2. The highest BCUT2D eigenvalue weighted by atomic mass is 32.1. The molecule has 0 atom stereocenters. The number of rotatable bonds is 2. The molecule has 1 aliphatic rings. The van der Waals surface area contributed by atoms with Gasteiger partial charge in [-0.05, 0) is 18.8 Å².